The number of rotatable bonds is 5. The third-order valence-corrected chi connectivity index (χ3v) is 4.19. The van der Waals surface area contributed by atoms with Crippen molar-refractivity contribution >= 4 is 11.6 Å². The van der Waals surface area contributed by atoms with Crippen LogP contribution in [0, 0.1) is 19.7 Å². The molecule has 0 bridgehead atoms. The Morgan fingerprint density at radius 1 is 1.38 bits per heavy atom. The molecule has 1 aromatic carbocycles. The number of aromatic nitrogens is 2. The van der Waals surface area contributed by atoms with E-state index >= 15 is 0 Å². The Hall–Kier alpha value is -1.39. The number of benzene rings is 1. The summed E-state index contributed by atoms with van der Waals surface area (Å²) in [6.07, 6.45) is 0.717. The highest BCUT2D eigenvalue weighted by Gasteiger charge is 2.18. The average Bonchev–Trinajstić information content (AvgIpc) is 2.68. The highest BCUT2D eigenvalue weighted by molar-refractivity contribution is 6.31. The summed E-state index contributed by atoms with van der Waals surface area (Å²) in [4.78, 5) is 0. The molecule has 0 radical (unpaired) electrons. The molecule has 2 aromatic rings. The predicted molar refractivity (Wildman–Crippen MR) is 84.2 cm³/mol. The largest absolute Gasteiger partial charge is 0.310 e. The molecule has 1 aromatic heterocycles. The van der Waals surface area contributed by atoms with Gasteiger partial charge in [0, 0.05) is 19.5 Å². The molecule has 0 aliphatic heterocycles. The van der Waals surface area contributed by atoms with Crippen LogP contribution in [-0.4, -0.2) is 16.3 Å². The Bertz CT molecular complexity index is 637. The zero-order chi connectivity index (χ0) is 15.6. The van der Waals surface area contributed by atoms with Gasteiger partial charge in [0.05, 0.1) is 16.4 Å². The second kappa shape index (κ2) is 6.58. The van der Waals surface area contributed by atoms with Crippen LogP contribution in [0.25, 0.3) is 0 Å². The van der Waals surface area contributed by atoms with E-state index in [4.69, 9.17) is 11.6 Å². The minimum Gasteiger partial charge on any atom is -0.310 e. The molecule has 1 N–H and O–H groups in total. The third-order valence-electron chi connectivity index (χ3n) is 3.69. The van der Waals surface area contributed by atoms with Gasteiger partial charge in [-0.25, -0.2) is 4.39 Å². The summed E-state index contributed by atoms with van der Waals surface area (Å²) >= 11 is 6.33. The lowest BCUT2D eigenvalue weighted by Gasteiger charge is -2.19. The fourth-order valence-electron chi connectivity index (χ4n) is 2.53. The van der Waals surface area contributed by atoms with Crippen molar-refractivity contribution in [2.75, 3.05) is 6.54 Å². The Labute approximate surface area is 130 Å². The van der Waals surface area contributed by atoms with Crippen molar-refractivity contribution in [3.05, 3.63) is 51.6 Å². The molecular weight excluding hydrogens is 289 g/mol. The summed E-state index contributed by atoms with van der Waals surface area (Å²) in [5, 5.41) is 8.49. The first kappa shape index (κ1) is 16.0. The lowest BCUT2D eigenvalue weighted by molar-refractivity contribution is 0.526. The fraction of sp³-hybridized carbons (Fsp3) is 0.438. The van der Waals surface area contributed by atoms with Crippen molar-refractivity contribution in [1.29, 1.82) is 0 Å². The number of halogens is 2. The van der Waals surface area contributed by atoms with Gasteiger partial charge in [0.1, 0.15) is 5.82 Å². The lowest BCUT2D eigenvalue weighted by Crippen LogP contribution is -2.24. The number of hydrogen-bond donors (Lipinski definition) is 1. The Morgan fingerprint density at radius 2 is 2.10 bits per heavy atom. The molecular formula is C16H21ClFN3. The van der Waals surface area contributed by atoms with Gasteiger partial charge >= 0.3 is 0 Å². The lowest BCUT2D eigenvalue weighted by atomic mass is 9.99. The number of aryl methyl sites for hydroxylation is 3. The van der Waals surface area contributed by atoms with E-state index in [9.17, 15) is 4.39 Å². The topological polar surface area (TPSA) is 29.9 Å². The predicted octanol–water partition coefficient (Wildman–Crippen LogP) is 3.72. The van der Waals surface area contributed by atoms with Crippen LogP contribution in [0.1, 0.15) is 35.5 Å². The molecule has 2 rings (SSSR count). The van der Waals surface area contributed by atoms with Crippen LogP contribution >= 0.6 is 11.6 Å². The fourth-order valence-corrected chi connectivity index (χ4v) is 2.77. The quantitative estimate of drug-likeness (QED) is 0.912. The number of hydrogen-bond acceptors (Lipinski definition) is 2. The Morgan fingerprint density at radius 3 is 2.62 bits per heavy atom. The van der Waals surface area contributed by atoms with Gasteiger partial charge in [0.25, 0.3) is 0 Å². The summed E-state index contributed by atoms with van der Waals surface area (Å²) in [7, 11) is 1.90. The van der Waals surface area contributed by atoms with Crippen LogP contribution < -0.4 is 5.32 Å². The molecule has 1 atom stereocenters. The highest BCUT2D eigenvalue weighted by atomic mass is 35.5. The van der Waals surface area contributed by atoms with Crippen LogP contribution in [0.3, 0.4) is 0 Å². The first-order chi connectivity index (χ1) is 9.93. The van der Waals surface area contributed by atoms with E-state index in [1.807, 2.05) is 30.8 Å². The molecule has 0 fully saturated rings. The molecule has 0 saturated carbocycles. The summed E-state index contributed by atoms with van der Waals surface area (Å²) in [6.45, 7) is 6.56. The van der Waals surface area contributed by atoms with Crippen LogP contribution in [0.4, 0.5) is 4.39 Å². The van der Waals surface area contributed by atoms with Crippen LogP contribution in [0.2, 0.25) is 5.02 Å². The molecule has 114 valence electrons. The minimum atomic E-state index is -0.177. The van der Waals surface area contributed by atoms with Gasteiger partial charge in [0.15, 0.2) is 0 Å². The maximum Gasteiger partial charge on any atom is 0.126 e. The molecule has 1 unspecified atom stereocenters. The molecule has 0 spiro atoms. The van der Waals surface area contributed by atoms with Crippen molar-refractivity contribution in [3.63, 3.8) is 0 Å². The highest BCUT2D eigenvalue weighted by Crippen LogP contribution is 2.26. The zero-order valence-electron chi connectivity index (χ0n) is 12.9. The minimum absolute atomic E-state index is 0.0848. The number of likely N-dealkylation sites (N-methyl/N-ethyl adjacent to an activating group) is 1. The summed E-state index contributed by atoms with van der Waals surface area (Å²) in [5.74, 6) is -0.177. The van der Waals surface area contributed by atoms with Crippen molar-refractivity contribution < 1.29 is 4.39 Å². The van der Waals surface area contributed by atoms with Gasteiger partial charge in [-0.2, -0.15) is 5.10 Å². The number of nitrogens with one attached hydrogen (secondary N) is 1. The van der Waals surface area contributed by atoms with Gasteiger partial charge in [-0.1, -0.05) is 30.7 Å². The smallest absolute Gasteiger partial charge is 0.126 e. The molecule has 1 heterocycles. The van der Waals surface area contributed by atoms with E-state index in [-0.39, 0.29) is 11.9 Å². The Kier molecular flexibility index (Phi) is 5.01. The van der Waals surface area contributed by atoms with Gasteiger partial charge in [-0.05, 0) is 37.6 Å². The average molecular weight is 310 g/mol. The number of nitrogens with zero attached hydrogens (tertiary/aromatic N) is 2. The molecule has 21 heavy (non-hydrogen) atoms. The standard InChI is InChI=1S/C16H21ClFN3/c1-5-19-14(12-6-7-13(18)10(2)8-12)9-15-16(17)11(3)20-21(15)4/h6-8,14,19H,5,9H2,1-4H3. The molecule has 5 heteroatoms. The second-order valence-corrected chi connectivity index (χ2v) is 5.67. The summed E-state index contributed by atoms with van der Waals surface area (Å²) < 4.78 is 15.3. The maximum atomic E-state index is 13.5. The van der Waals surface area contributed by atoms with Gasteiger partial charge < -0.3 is 5.32 Å². The van der Waals surface area contributed by atoms with Crippen molar-refractivity contribution in [2.45, 2.75) is 33.2 Å². The van der Waals surface area contributed by atoms with E-state index in [1.54, 1.807) is 6.92 Å². The van der Waals surface area contributed by atoms with E-state index in [2.05, 4.69) is 17.3 Å². The van der Waals surface area contributed by atoms with Crippen molar-refractivity contribution in [1.82, 2.24) is 15.1 Å². The first-order valence-corrected chi connectivity index (χ1v) is 7.49. The monoisotopic (exact) mass is 309 g/mol. The maximum absolute atomic E-state index is 13.5. The summed E-state index contributed by atoms with van der Waals surface area (Å²) in [5.41, 5.74) is 3.54. The second-order valence-electron chi connectivity index (χ2n) is 5.29. The Balaban J connectivity index is 2.32. The molecule has 3 nitrogen and oxygen atoms in total. The van der Waals surface area contributed by atoms with E-state index in [0.29, 0.717) is 10.6 Å². The van der Waals surface area contributed by atoms with Gasteiger partial charge in [0.2, 0.25) is 0 Å². The van der Waals surface area contributed by atoms with Crippen molar-refractivity contribution in [2.24, 2.45) is 7.05 Å². The normalized spacial score (nSPS) is 12.7. The van der Waals surface area contributed by atoms with Crippen LogP contribution in [-0.2, 0) is 13.5 Å². The zero-order valence-corrected chi connectivity index (χ0v) is 13.6. The van der Waals surface area contributed by atoms with Gasteiger partial charge in [-0.15, -0.1) is 0 Å². The molecule has 0 aliphatic carbocycles. The van der Waals surface area contributed by atoms with E-state index < -0.39 is 0 Å². The SMILES string of the molecule is CCNC(Cc1c(Cl)c(C)nn1C)c1ccc(F)c(C)c1. The molecule has 0 aliphatic rings. The van der Waals surface area contributed by atoms with E-state index in [1.165, 1.54) is 6.07 Å². The summed E-state index contributed by atoms with van der Waals surface area (Å²) in [6, 6.07) is 5.32. The van der Waals surface area contributed by atoms with Gasteiger partial charge in [-0.3, -0.25) is 4.68 Å². The third kappa shape index (κ3) is 3.44. The first-order valence-electron chi connectivity index (χ1n) is 7.11. The van der Waals surface area contributed by atoms with Crippen LogP contribution in [0.5, 0.6) is 0 Å². The van der Waals surface area contributed by atoms with Crippen molar-refractivity contribution in [3.8, 4) is 0 Å². The molecule has 0 saturated heterocycles. The van der Waals surface area contributed by atoms with E-state index in [0.717, 1.165) is 29.9 Å². The van der Waals surface area contributed by atoms with Crippen LogP contribution in [0.15, 0.2) is 18.2 Å². The molecule has 0 amide bonds.